The molecule has 0 aliphatic carbocycles. The van der Waals surface area contributed by atoms with Gasteiger partial charge in [0.25, 0.3) is 5.91 Å². The number of hydroxylamine groups is 1. The summed E-state index contributed by atoms with van der Waals surface area (Å²) >= 11 is 0. The van der Waals surface area contributed by atoms with Crippen molar-refractivity contribution in [2.45, 2.75) is 31.7 Å². The Labute approximate surface area is 146 Å². The standard InChI is InChI=1S/C16H21N3O4.ClH/c17-13(15(21)19-10-4-5-11-19)8-9-14(20)18-23-16(22)12-6-2-1-3-7-12;/h1-3,6-7,13H,4-5,8-11,17H2,(H,18,20);1H. The van der Waals surface area contributed by atoms with E-state index in [-0.39, 0.29) is 31.2 Å². The smallest absolute Gasteiger partial charge is 0.341 e. The van der Waals surface area contributed by atoms with Crippen molar-refractivity contribution in [1.29, 1.82) is 0 Å². The molecule has 2 amide bonds. The highest BCUT2D eigenvalue weighted by Crippen LogP contribution is 2.10. The normalized spacial score (nSPS) is 14.5. The van der Waals surface area contributed by atoms with Crippen molar-refractivity contribution in [2.75, 3.05) is 13.1 Å². The van der Waals surface area contributed by atoms with Gasteiger partial charge in [-0.05, 0) is 31.4 Å². The summed E-state index contributed by atoms with van der Waals surface area (Å²) in [6, 6.07) is 7.62. The molecule has 0 saturated carbocycles. The quantitative estimate of drug-likeness (QED) is 0.768. The van der Waals surface area contributed by atoms with Gasteiger partial charge >= 0.3 is 5.97 Å². The molecule has 0 spiro atoms. The number of benzene rings is 1. The Morgan fingerprint density at radius 2 is 1.79 bits per heavy atom. The number of nitrogens with two attached hydrogens (primary N) is 1. The van der Waals surface area contributed by atoms with E-state index in [1.165, 1.54) is 0 Å². The second-order valence-corrected chi connectivity index (χ2v) is 5.46. The first kappa shape index (κ1) is 19.9. The lowest BCUT2D eigenvalue weighted by Gasteiger charge is -2.19. The van der Waals surface area contributed by atoms with E-state index in [9.17, 15) is 14.4 Å². The second kappa shape index (κ2) is 9.89. The predicted octanol–water partition coefficient (Wildman–Crippen LogP) is 1.03. The highest BCUT2D eigenvalue weighted by Gasteiger charge is 2.24. The van der Waals surface area contributed by atoms with Gasteiger partial charge in [0, 0.05) is 19.5 Å². The van der Waals surface area contributed by atoms with Crippen LogP contribution in [0.5, 0.6) is 0 Å². The van der Waals surface area contributed by atoms with E-state index in [2.05, 4.69) is 5.48 Å². The average Bonchev–Trinajstić information content (AvgIpc) is 3.12. The molecule has 132 valence electrons. The number of halogens is 1. The Balaban J connectivity index is 0.00000288. The maximum absolute atomic E-state index is 12.0. The van der Waals surface area contributed by atoms with E-state index >= 15 is 0 Å². The molecule has 1 unspecified atom stereocenters. The van der Waals surface area contributed by atoms with Crippen LogP contribution in [0.25, 0.3) is 0 Å². The van der Waals surface area contributed by atoms with E-state index in [0.29, 0.717) is 5.56 Å². The molecule has 1 heterocycles. The van der Waals surface area contributed by atoms with Crippen molar-refractivity contribution in [3.8, 4) is 0 Å². The Morgan fingerprint density at radius 1 is 1.17 bits per heavy atom. The number of nitrogens with zero attached hydrogens (tertiary/aromatic N) is 1. The fourth-order valence-electron chi connectivity index (χ4n) is 2.37. The molecule has 3 N–H and O–H groups in total. The van der Waals surface area contributed by atoms with Crippen molar-refractivity contribution in [1.82, 2.24) is 10.4 Å². The second-order valence-electron chi connectivity index (χ2n) is 5.46. The molecule has 1 saturated heterocycles. The van der Waals surface area contributed by atoms with Gasteiger partial charge < -0.3 is 15.5 Å². The van der Waals surface area contributed by atoms with E-state index in [1.54, 1.807) is 35.2 Å². The number of likely N-dealkylation sites (tertiary alicyclic amines) is 1. The zero-order valence-corrected chi connectivity index (χ0v) is 14.1. The fourth-order valence-corrected chi connectivity index (χ4v) is 2.37. The zero-order valence-electron chi connectivity index (χ0n) is 13.3. The molecular weight excluding hydrogens is 334 g/mol. The van der Waals surface area contributed by atoms with Crippen LogP contribution in [0.3, 0.4) is 0 Å². The summed E-state index contributed by atoms with van der Waals surface area (Å²) in [6.07, 6.45) is 2.22. The monoisotopic (exact) mass is 355 g/mol. The van der Waals surface area contributed by atoms with Crippen LogP contribution in [0.1, 0.15) is 36.0 Å². The molecule has 1 atom stereocenters. The lowest BCUT2D eigenvalue weighted by molar-refractivity contribution is -0.132. The Morgan fingerprint density at radius 3 is 2.42 bits per heavy atom. The minimum absolute atomic E-state index is 0. The van der Waals surface area contributed by atoms with Crippen LogP contribution in [0.2, 0.25) is 0 Å². The highest BCUT2D eigenvalue weighted by molar-refractivity contribution is 5.90. The van der Waals surface area contributed by atoms with Crippen molar-refractivity contribution in [3.63, 3.8) is 0 Å². The number of nitrogens with one attached hydrogen (secondary N) is 1. The number of hydrogen-bond donors (Lipinski definition) is 2. The summed E-state index contributed by atoms with van der Waals surface area (Å²) in [6.45, 7) is 1.46. The van der Waals surface area contributed by atoms with Crippen LogP contribution in [-0.2, 0) is 14.4 Å². The largest absolute Gasteiger partial charge is 0.362 e. The van der Waals surface area contributed by atoms with Gasteiger partial charge in [-0.2, -0.15) is 5.48 Å². The van der Waals surface area contributed by atoms with Gasteiger partial charge in [-0.25, -0.2) is 4.79 Å². The first-order valence-corrected chi connectivity index (χ1v) is 7.67. The van der Waals surface area contributed by atoms with Crippen LogP contribution < -0.4 is 11.2 Å². The number of carbonyl (C=O) groups excluding carboxylic acids is 3. The molecule has 0 aromatic heterocycles. The van der Waals surface area contributed by atoms with E-state index < -0.39 is 17.9 Å². The fraction of sp³-hybridized carbons (Fsp3) is 0.438. The summed E-state index contributed by atoms with van der Waals surface area (Å²) in [7, 11) is 0. The number of carbonyl (C=O) groups is 3. The molecule has 1 aliphatic heterocycles. The summed E-state index contributed by atoms with van der Waals surface area (Å²) in [4.78, 5) is 41.7. The number of rotatable bonds is 5. The van der Waals surface area contributed by atoms with Gasteiger partial charge in [0.05, 0.1) is 11.6 Å². The third kappa shape index (κ3) is 5.82. The van der Waals surface area contributed by atoms with Gasteiger partial charge in [0.15, 0.2) is 0 Å². The summed E-state index contributed by atoms with van der Waals surface area (Å²) in [5.74, 6) is -1.26. The molecule has 8 heteroatoms. The zero-order chi connectivity index (χ0) is 16.7. The highest BCUT2D eigenvalue weighted by atomic mass is 35.5. The molecule has 1 fully saturated rings. The lowest BCUT2D eigenvalue weighted by Crippen LogP contribution is -2.43. The van der Waals surface area contributed by atoms with Crippen LogP contribution >= 0.6 is 12.4 Å². The third-order valence-corrected chi connectivity index (χ3v) is 3.68. The van der Waals surface area contributed by atoms with Crippen molar-refractivity contribution < 1.29 is 19.2 Å². The maximum Gasteiger partial charge on any atom is 0.362 e. The molecule has 24 heavy (non-hydrogen) atoms. The van der Waals surface area contributed by atoms with Crippen LogP contribution in [-0.4, -0.2) is 41.8 Å². The Bertz CT molecular complexity index is 562. The lowest BCUT2D eigenvalue weighted by atomic mass is 10.1. The Kier molecular flexibility index (Phi) is 8.21. The molecular formula is C16H22ClN3O4. The van der Waals surface area contributed by atoms with Gasteiger partial charge in [0.2, 0.25) is 5.91 Å². The van der Waals surface area contributed by atoms with Gasteiger partial charge in [-0.3, -0.25) is 9.59 Å². The van der Waals surface area contributed by atoms with Crippen LogP contribution in [0.4, 0.5) is 0 Å². The minimum Gasteiger partial charge on any atom is -0.341 e. The van der Waals surface area contributed by atoms with Crippen molar-refractivity contribution in [3.05, 3.63) is 35.9 Å². The molecule has 1 aliphatic rings. The van der Waals surface area contributed by atoms with Gasteiger partial charge in [0.1, 0.15) is 0 Å². The van der Waals surface area contributed by atoms with Gasteiger partial charge in [-0.1, -0.05) is 18.2 Å². The van der Waals surface area contributed by atoms with E-state index in [1.807, 2.05) is 0 Å². The molecule has 7 nitrogen and oxygen atoms in total. The first-order valence-electron chi connectivity index (χ1n) is 7.67. The summed E-state index contributed by atoms with van der Waals surface area (Å²) in [5.41, 5.74) is 8.23. The average molecular weight is 356 g/mol. The Hall–Kier alpha value is -2.12. The van der Waals surface area contributed by atoms with Crippen LogP contribution in [0.15, 0.2) is 30.3 Å². The molecule has 1 aromatic rings. The topological polar surface area (TPSA) is 102 Å². The van der Waals surface area contributed by atoms with Gasteiger partial charge in [-0.15, -0.1) is 12.4 Å². The molecule has 0 bridgehead atoms. The predicted molar refractivity (Wildman–Crippen MR) is 90.3 cm³/mol. The summed E-state index contributed by atoms with van der Waals surface area (Å²) < 4.78 is 0. The van der Waals surface area contributed by atoms with Crippen molar-refractivity contribution >= 4 is 30.2 Å². The minimum atomic E-state index is -0.705. The summed E-state index contributed by atoms with van der Waals surface area (Å²) in [5, 5.41) is 0. The first-order chi connectivity index (χ1) is 11.1. The molecule has 2 rings (SSSR count). The van der Waals surface area contributed by atoms with Crippen LogP contribution in [0, 0.1) is 0 Å². The van der Waals surface area contributed by atoms with Crippen molar-refractivity contribution in [2.24, 2.45) is 5.73 Å². The van der Waals surface area contributed by atoms with E-state index in [4.69, 9.17) is 10.6 Å². The molecule has 0 radical (unpaired) electrons. The number of hydrogen-bond acceptors (Lipinski definition) is 5. The number of amides is 2. The van der Waals surface area contributed by atoms with E-state index in [0.717, 1.165) is 25.9 Å². The molecule has 1 aromatic carbocycles. The third-order valence-electron chi connectivity index (χ3n) is 3.68. The maximum atomic E-state index is 12.0. The SMILES string of the molecule is Cl.NC(CCC(=O)NOC(=O)c1ccccc1)C(=O)N1CCCC1.